The first kappa shape index (κ1) is 19.2. The molecule has 1 aromatic rings. The molecule has 0 radical (unpaired) electrons. The van der Waals surface area contributed by atoms with Crippen LogP contribution in [-0.4, -0.2) is 52.9 Å². The van der Waals surface area contributed by atoms with E-state index in [1.165, 1.54) is 6.07 Å². The summed E-state index contributed by atoms with van der Waals surface area (Å²) in [6.45, 7) is 4.04. The van der Waals surface area contributed by atoms with Crippen molar-refractivity contribution in [2.75, 3.05) is 13.2 Å². The molecule has 7 heteroatoms. The van der Waals surface area contributed by atoms with E-state index < -0.39 is 11.6 Å². The number of amides is 2. The Hall–Kier alpha value is -2.18. The monoisotopic (exact) mass is 392 g/mol. The largest absolute Gasteiger partial charge is 0.481 e. The van der Waals surface area contributed by atoms with Gasteiger partial charge in [-0.3, -0.25) is 9.59 Å². The van der Waals surface area contributed by atoms with Crippen LogP contribution in [0.5, 0.6) is 5.75 Å². The van der Waals surface area contributed by atoms with Gasteiger partial charge in [0.25, 0.3) is 5.91 Å². The number of fused-ring (bicyclic) bond motifs is 1. The van der Waals surface area contributed by atoms with Gasteiger partial charge in [-0.05, 0) is 31.4 Å². The van der Waals surface area contributed by atoms with Crippen molar-refractivity contribution < 1.29 is 23.1 Å². The van der Waals surface area contributed by atoms with Gasteiger partial charge in [0.2, 0.25) is 5.91 Å². The van der Waals surface area contributed by atoms with Gasteiger partial charge < -0.3 is 14.5 Å². The van der Waals surface area contributed by atoms with Crippen LogP contribution in [0.2, 0.25) is 0 Å². The molecule has 1 saturated carbocycles. The Bertz CT molecular complexity index is 802. The van der Waals surface area contributed by atoms with Gasteiger partial charge in [0.1, 0.15) is 5.82 Å². The van der Waals surface area contributed by atoms with Crippen LogP contribution >= 0.6 is 0 Å². The average molecular weight is 392 g/mol. The topological polar surface area (TPSA) is 49.9 Å². The smallest absolute Gasteiger partial charge is 0.261 e. The third-order valence-corrected chi connectivity index (χ3v) is 6.85. The summed E-state index contributed by atoms with van der Waals surface area (Å²) in [5, 5.41) is 0. The lowest BCUT2D eigenvalue weighted by molar-refractivity contribution is -0.139. The SMILES string of the molecule is CC(=O)N1C[C@@H]2C[C@@]3(C)[C@H](CCCC[C@@H]13)N2C(=O)COc1ccc(F)cc1F. The number of ether oxygens (including phenoxy) is 1. The third kappa shape index (κ3) is 3.05. The molecule has 2 amide bonds. The number of nitrogens with zero attached hydrogens (tertiary/aromatic N) is 2. The molecule has 0 aromatic heterocycles. The molecule has 4 rings (SSSR count). The van der Waals surface area contributed by atoms with Gasteiger partial charge in [0.15, 0.2) is 18.2 Å². The first-order valence-corrected chi connectivity index (χ1v) is 9.97. The van der Waals surface area contributed by atoms with E-state index in [0.29, 0.717) is 6.54 Å². The summed E-state index contributed by atoms with van der Waals surface area (Å²) in [6.07, 6.45) is 4.82. The van der Waals surface area contributed by atoms with Gasteiger partial charge in [-0.1, -0.05) is 19.8 Å². The van der Waals surface area contributed by atoms with Crippen molar-refractivity contribution in [1.82, 2.24) is 9.80 Å². The Morgan fingerprint density at radius 3 is 2.61 bits per heavy atom. The highest BCUT2D eigenvalue weighted by molar-refractivity contribution is 5.80. The second-order valence-corrected chi connectivity index (χ2v) is 8.52. The number of hydrogen-bond acceptors (Lipinski definition) is 3. The molecule has 3 fully saturated rings. The van der Waals surface area contributed by atoms with Crippen molar-refractivity contribution in [2.24, 2.45) is 5.41 Å². The number of piperidine rings is 1. The summed E-state index contributed by atoms with van der Waals surface area (Å²) in [5.74, 6) is -1.79. The molecule has 5 nitrogen and oxygen atoms in total. The molecule has 152 valence electrons. The van der Waals surface area contributed by atoms with E-state index in [1.54, 1.807) is 6.92 Å². The van der Waals surface area contributed by atoms with E-state index in [1.807, 2.05) is 9.80 Å². The molecule has 2 aliphatic heterocycles. The molecule has 2 bridgehead atoms. The number of rotatable bonds is 3. The fourth-order valence-electron chi connectivity index (χ4n) is 5.70. The molecule has 1 aromatic carbocycles. The quantitative estimate of drug-likeness (QED) is 0.794. The molecule has 1 aliphatic carbocycles. The lowest BCUT2D eigenvalue weighted by Crippen LogP contribution is -2.55. The highest BCUT2D eigenvalue weighted by atomic mass is 19.1. The van der Waals surface area contributed by atoms with E-state index >= 15 is 0 Å². The van der Waals surface area contributed by atoms with Crippen LogP contribution in [0.4, 0.5) is 8.78 Å². The zero-order valence-corrected chi connectivity index (χ0v) is 16.3. The Kier molecular flexibility index (Phi) is 4.79. The van der Waals surface area contributed by atoms with Gasteiger partial charge in [-0.15, -0.1) is 0 Å². The molecule has 0 unspecified atom stereocenters. The second kappa shape index (κ2) is 7.01. The minimum Gasteiger partial charge on any atom is -0.481 e. The van der Waals surface area contributed by atoms with Gasteiger partial charge >= 0.3 is 0 Å². The number of halogens is 2. The van der Waals surface area contributed by atoms with Crippen molar-refractivity contribution >= 4 is 11.8 Å². The fourth-order valence-corrected chi connectivity index (χ4v) is 5.70. The summed E-state index contributed by atoms with van der Waals surface area (Å²) < 4.78 is 32.3. The predicted molar refractivity (Wildman–Crippen MR) is 98.6 cm³/mol. The molecular weight excluding hydrogens is 366 g/mol. The zero-order chi connectivity index (χ0) is 20.1. The summed E-state index contributed by atoms with van der Waals surface area (Å²) in [6, 6.07) is 3.21. The number of carbonyl (C=O) groups is 2. The average Bonchev–Trinajstić information content (AvgIpc) is 2.74. The first-order chi connectivity index (χ1) is 13.3. The van der Waals surface area contributed by atoms with E-state index in [4.69, 9.17) is 4.74 Å². The molecule has 2 heterocycles. The Balaban J connectivity index is 1.55. The molecular formula is C21H26F2N2O3. The number of hydrogen-bond donors (Lipinski definition) is 0. The first-order valence-electron chi connectivity index (χ1n) is 9.97. The van der Waals surface area contributed by atoms with Gasteiger partial charge in [0, 0.05) is 37.0 Å². The molecule has 2 saturated heterocycles. The van der Waals surface area contributed by atoms with Crippen LogP contribution in [-0.2, 0) is 9.59 Å². The maximum atomic E-state index is 13.8. The van der Waals surface area contributed by atoms with Gasteiger partial charge in [0.05, 0.1) is 6.04 Å². The van der Waals surface area contributed by atoms with Crippen molar-refractivity contribution in [1.29, 1.82) is 0 Å². The van der Waals surface area contributed by atoms with Crippen LogP contribution in [0.25, 0.3) is 0 Å². The maximum Gasteiger partial charge on any atom is 0.261 e. The van der Waals surface area contributed by atoms with Gasteiger partial charge in [-0.25, -0.2) is 8.78 Å². The summed E-state index contributed by atoms with van der Waals surface area (Å²) >= 11 is 0. The van der Waals surface area contributed by atoms with Crippen LogP contribution in [0.1, 0.15) is 46.0 Å². The van der Waals surface area contributed by atoms with Crippen LogP contribution in [0.15, 0.2) is 18.2 Å². The van der Waals surface area contributed by atoms with Crippen LogP contribution in [0.3, 0.4) is 0 Å². The maximum absolute atomic E-state index is 13.8. The summed E-state index contributed by atoms with van der Waals surface area (Å²) in [4.78, 5) is 29.2. The molecule has 0 N–H and O–H groups in total. The van der Waals surface area contributed by atoms with Crippen molar-refractivity contribution in [2.45, 2.75) is 64.1 Å². The Morgan fingerprint density at radius 2 is 1.93 bits per heavy atom. The van der Waals surface area contributed by atoms with E-state index in [-0.39, 0.29) is 47.7 Å². The van der Waals surface area contributed by atoms with E-state index in [0.717, 1.165) is 44.2 Å². The molecule has 4 atom stereocenters. The van der Waals surface area contributed by atoms with Crippen molar-refractivity contribution in [3.05, 3.63) is 29.8 Å². The molecule has 0 spiro atoms. The molecule has 3 aliphatic rings. The predicted octanol–water partition coefficient (Wildman–Crippen LogP) is 3.12. The van der Waals surface area contributed by atoms with E-state index in [9.17, 15) is 18.4 Å². The van der Waals surface area contributed by atoms with Gasteiger partial charge in [-0.2, -0.15) is 0 Å². The van der Waals surface area contributed by atoms with Crippen molar-refractivity contribution in [3.63, 3.8) is 0 Å². The minimum absolute atomic E-state index is 0.0394. The Morgan fingerprint density at radius 1 is 1.21 bits per heavy atom. The minimum atomic E-state index is -0.822. The normalized spacial score (nSPS) is 31.5. The standard InChI is InChI=1S/C21H26F2N2O3/c1-13(26)24-11-15-10-21(2)18(24)5-3-4-6-19(21)25(15)20(27)12-28-17-8-7-14(22)9-16(17)23/h7-9,15,18-19H,3-6,10-12H2,1-2H3/t15-,18+,19-,21+/m0/s1. The zero-order valence-electron chi connectivity index (χ0n) is 16.3. The Labute approximate surface area is 163 Å². The highest BCUT2D eigenvalue weighted by Gasteiger charge is 2.60. The summed E-state index contributed by atoms with van der Waals surface area (Å²) in [5.41, 5.74) is -0.123. The number of carbonyl (C=O) groups excluding carboxylic acids is 2. The number of likely N-dealkylation sites (tertiary alicyclic amines) is 2. The second-order valence-electron chi connectivity index (χ2n) is 8.52. The fraction of sp³-hybridized carbons (Fsp3) is 0.619. The van der Waals surface area contributed by atoms with Crippen LogP contribution in [0, 0.1) is 17.0 Å². The number of benzene rings is 1. The lowest BCUT2D eigenvalue weighted by atomic mass is 9.71. The third-order valence-electron chi connectivity index (χ3n) is 6.85. The lowest BCUT2D eigenvalue weighted by Gasteiger charge is -2.46. The highest BCUT2D eigenvalue weighted by Crippen LogP contribution is 2.53. The van der Waals surface area contributed by atoms with Crippen LogP contribution < -0.4 is 4.74 Å². The summed E-state index contributed by atoms with van der Waals surface area (Å²) in [7, 11) is 0. The molecule has 28 heavy (non-hydrogen) atoms. The van der Waals surface area contributed by atoms with Crippen molar-refractivity contribution in [3.8, 4) is 5.75 Å². The van der Waals surface area contributed by atoms with E-state index in [2.05, 4.69) is 6.92 Å².